The standard InChI is InChI=1S/C21H23N5O2/c1-14-5-11-19(28-4)18(13-14)23-21(27)17-10-12-20(25-24-17)22-15-6-8-16(9-7-15)26(2)3/h5-13H,1-4H3,(H,22,25)(H,23,27). The van der Waals surface area contributed by atoms with Crippen molar-refractivity contribution in [2.45, 2.75) is 6.92 Å². The summed E-state index contributed by atoms with van der Waals surface area (Å²) in [6.07, 6.45) is 0. The quantitative estimate of drug-likeness (QED) is 0.679. The first-order valence-electron chi connectivity index (χ1n) is 8.80. The molecule has 28 heavy (non-hydrogen) atoms. The van der Waals surface area contributed by atoms with E-state index in [4.69, 9.17) is 4.74 Å². The highest BCUT2D eigenvalue weighted by Crippen LogP contribution is 2.25. The summed E-state index contributed by atoms with van der Waals surface area (Å²) in [6.45, 7) is 1.94. The van der Waals surface area contributed by atoms with Gasteiger partial charge in [-0.05, 0) is 61.0 Å². The normalized spacial score (nSPS) is 10.3. The number of aromatic nitrogens is 2. The molecule has 0 radical (unpaired) electrons. The van der Waals surface area contributed by atoms with Crippen LogP contribution in [0.3, 0.4) is 0 Å². The summed E-state index contributed by atoms with van der Waals surface area (Å²) in [7, 11) is 5.54. The highest BCUT2D eigenvalue weighted by atomic mass is 16.5. The molecule has 0 fully saturated rings. The molecule has 1 amide bonds. The Bertz CT molecular complexity index is 954. The first kappa shape index (κ1) is 19.2. The van der Waals surface area contributed by atoms with Gasteiger partial charge in [0.25, 0.3) is 5.91 Å². The molecular formula is C21H23N5O2. The molecule has 3 rings (SSSR count). The molecule has 0 saturated carbocycles. The van der Waals surface area contributed by atoms with Crippen LogP contribution in [-0.4, -0.2) is 37.3 Å². The van der Waals surface area contributed by atoms with Crippen molar-refractivity contribution in [2.24, 2.45) is 0 Å². The molecule has 7 heteroatoms. The van der Waals surface area contributed by atoms with Crippen LogP contribution in [0.15, 0.2) is 54.6 Å². The molecule has 0 unspecified atom stereocenters. The van der Waals surface area contributed by atoms with E-state index in [1.54, 1.807) is 19.2 Å². The second-order valence-corrected chi connectivity index (χ2v) is 6.53. The summed E-state index contributed by atoms with van der Waals surface area (Å²) in [4.78, 5) is 14.5. The zero-order valence-corrected chi connectivity index (χ0v) is 16.4. The fraction of sp³-hybridized carbons (Fsp3) is 0.190. The summed E-state index contributed by atoms with van der Waals surface area (Å²) in [6, 6.07) is 16.8. The lowest BCUT2D eigenvalue weighted by molar-refractivity contribution is 0.102. The number of amides is 1. The molecule has 7 nitrogen and oxygen atoms in total. The van der Waals surface area contributed by atoms with E-state index in [1.165, 1.54) is 0 Å². The number of carbonyl (C=O) groups is 1. The maximum Gasteiger partial charge on any atom is 0.276 e. The monoisotopic (exact) mass is 377 g/mol. The van der Waals surface area contributed by atoms with Crippen molar-refractivity contribution >= 4 is 28.8 Å². The number of ether oxygens (including phenoxy) is 1. The smallest absolute Gasteiger partial charge is 0.276 e. The largest absolute Gasteiger partial charge is 0.495 e. The second-order valence-electron chi connectivity index (χ2n) is 6.53. The molecule has 0 aliphatic rings. The molecule has 2 N–H and O–H groups in total. The third-order valence-corrected chi connectivity index (χ3v) is 4.16. The molecule has 0 aliphatic carbocycles. The van der Waals surface area contributed by atoms with E-state index >= 15 is 0 Å². The maximum atomic E-state index is 12.5. The van der Waals surface area contributed by atoms with Crippen molar-refractivity contribution < 1.29 is 9.53 Å². The molecule has 144 valence electrons. The molecule has 0 bridgehead atoms. The molecule has 1 heterocycles. The summed E-state index contributed by atoms with van der Waals surface area (Å²) in [5.74, 6) is 0.798. The average Bonchev–Trinajstić information content (AvgIpc) is 2.69. The van der Waals surface area contributed by atoms with Gasteiger partial charge in [0.05, 0.1) is 12.8 Å². The van der Waals surface area contributed by atoms with Gasteiger partial charge in [-0.15, -0.1) is 10.2 Å². The number of methoxy groups -OCH3 is 1. The first-order valence-corrected chi connectivity index (χ1v) is 8.80. The van der Waals surface area contributed by atoms with Crippen molar-refractivity contribution in [3.8, 4) is 5.75 Å². The molecule has 0 saturated heterocycles. The van der Waals surface area contributed by atoms with Gasteiger partial charge in [0, 0.05) is 25.5 Å². The Morgan fingerprint density at radius 2 is 1.75 bits per heavy atom. The van der Waals surface area contributed by atoms with Crippen molar-refractivity contribution in [2.75, 3.05) is 36.7 Å². The Morgan fingerprint density at radius 3 is 2.36 bits per heavy atom. The van der Waals surface area contributed by atoms with Gasteiger partial charge in [-0.1, -0.05) is 6.07 Å². The zero-order chi connectivity index (χ0) is 20.1. The molecule has 3 aromatic rings. The van der Waals surface area contributed by atoms with Crippen LogP contribution in [-0.2, 0) is 0 Å². The van der Waals surface area contributed by atoms with Crippen molar-refractivity contribution in [3.63, 3.8) is 0 Å². The summed E-state index contributed by atoms with van der Waals surface area (Å²) in [5, 5.41) is 14.1. The lowest BCUT2D eigenvalue weighted by atomic mass is 10.2. The van der Waals surface area contributed by atoms with Crippen molar-refractivity contribution in [1.82, 2.24) is 10.2 Å². The van der Waals surface area contributed by atoms with Gasteiger partial charge in [-0.3, -0.25) is 4.79 Å². The molecule has 1 aromatic heterocycles. The van der Waals surface area contributed by atoms with Gasteiger partial charge in [0.2, 0.25) is 0 Å². The van der Waals surface area contributed by atoms with Gasteiger partial charge >= 0.3 is 0 Å². The predicted octanol–water partition coefficient (Wildman–Crippen LogP) is 3.86. The molecular weight excluding hydrogens is 354 g/mol. The SMILES string of the molecule is COc1ccc(C)cc1NC(=O)c1ccc(Nc2ccc(N(C)C)cc2)nn1. The number of carbonyl (C=O) groups excluding carboxylic acids is 1. The van der Waals surface area contributed by atoms with Gasteiger partial charge in [0.15, 0.2) is 11.5 Å². The third-order valence-electron chi connectivity index (χ3n) is 4.16. The topological polar surface area (TPSA) is 79.4 Å². The third kappa shape index (κ3) is 4.56. The Labute approximate surface area is 164 Å². The summed E-state index contributed by atoms with van der Waals surface area (Å²) >= 11 is 0. The minimum absolute atomic E-state index is 0.220. The van der Waals surface area contributed by atoms with Gasteiger partial charge in [-0.2, -0.15) is 0 Å². The number of benzene rings is 2. The molecule has 0 atom stereocenters. The Kier molecular flexibility index (Phi) is 5.74. The van der Waals surface area contributed by atoms with Gasteiger partial charge in [-0.25, -0.2) is 0 Å². The van der Waals surface area contributed by atoms with E-state index in [-0.39, 0.29) is 11.6 Å². The minimum Gasteiger partial charge on any atom is -0.495 e. The van der Waals surface area contributed by atoms with E-state index in [0.717, 1.165) is 16.9 Å². The van der Waals surface area contributed by atoms with Crippen molar-refractivity contribution in [3.05, 3.63) is 65.9 Å². The highest BCUT2D eigenvalue weighted by molar-refractivity contribution is 6.03. The minimum atomic E-state index is -0.349. The van der Waals surface area contributed by atoms with Gasteiger partial charge < -0.3 is 20.3 Å². The Morgan fingerprint density at radius 1 is 1.00 bits per heavy atom. The molecule has 2 aromatic carbocycles. The number of rotatable bonds is 6. The van der Waals surface area contributed by atoms with Crippen LogP contribution in [0.25, 0.3) is 0 Å². The fourth-order valence-electron chi connectivity index (χ4n) is 2.62. The van der Waals surface area contributed by atoms with E-state index < -0.39 is 0 Å². The van der Waals surface area contributed by atoms with Crippen LogP contribution < -0.4 is 20.3 Å². The Balaban J connectivity index is 1.68. The van der Waals surface area contributed by atoms with Crippen LogP contribution in [0.1, 0.15) is 16.1 Å². The molecule has 0 aliphatic heterocycles. The highest BCUT2D eigenvalue weighted by Gasteiger charge is 2.12. The molecule has 0 spiro atoms. The maximum absolute atomic E-state index is 12.5. The second kappa shape index (κ2) is 8.39. The number of aryl methyl sites for hydroxylation is 1. The summed E-state index contributed by atoms with van der Waals surface area (Å²) in [5.41, 5.74) is 3.83. The van der Waals surface area contributed by atoms with Crippen LogP contribution in [0.4, 0.5) is 22.9 Å². The first-order chi connectivity index (χ1) is 13.5. The fourth-order valence-corrected chi connectivity index (χ4v) is 2.62. The van der Waals surface area contributed by atoms with Crippen LogP contribution in [0.2, 0.25) is 0 Å². The van der Waals surface area contributed by atoms with Gasteiger partial charge in [0.1, 0.15) is 5.75 Å². The lowest BCUT2D eigenvalue weighted by Gasteiger charge is -2.13. The van der Waals surface area contributed by atoms with Crippen LogP contribution >= 0.6 is 0 Å². The lowest BCUT2D eigenvalue weighted by Crippen LogP contribution is -2.15. The number of nitrogens with one attached hydrogen (secondary N) is 2. The average molecular weight is 377 g/mol. The Hall–Kier alpha value is -3.61. The van der Waals surface area contributed by atoms with E-state index in [0.29, 0.717) is 17.3 Å². The summed E-state index contributed by atoms with van der Waals surface area (Å²) < 4.78 is 5.28. The van der Waals surface area contributed by atoms with E-state index in [9.17, 15) is 4.79 Å². The zero-order valence-electron chi connectivity index (χ0n) is 16.4. The van der Waals surface area contributed by atoms with E-state index in [1.807, 2.05) is 68.4 Å². The number of anilines is 4. The number of hydrogen-bond acceptors (Lipinski definition) is 6. The number of nitrogens with zero attached hydrogens (tertiary/aromatic N) is 3. The predicted molar refractivity (Wildman–Crippen MR) is 112 cm³/mol. The van der Waals surface area contributed by atoms with Crippen molar-refractivity contribution in [1.29, 1.82) is 0 Å². The van der Waals surface area contributed by atoms with Crippen LogP contribution in [0, 0.1) is 6.92 Å². The van der Waals surface area contributed by atoms with Crippen LogP contribution in [0.5, 0.6) is 5.75 Å². The van der Waals surface area contributed by atoms with E-state index in [2.05, 4.69) is 20.8 Å². The number of hydrogen-bond donors (Lipinski definition) is 2.